The molecule has 0 aromatic heterocycles. The fourth-order valence-corrected chi connectivity index (χ4v) is 7.47. The van der Waals surface area contributed by atoms with Crippen molar-refractivity contribution in [3.63, 3.8) is 0 Å². The van der Waals surface area contributed by atoms with Crippen LogP contribution in [0.25, 0.3) is 0 Å². The molecule has 1 aromatic carbocycles. The summed E-state index contributed by atoms with van der Waals surface area (Å²) in [4.78, 5) is 41.3. The molecular weight excluding hydrogens is 507 g/mol. The Morgan fingerprint density at radius 2 is 1.79 bits per heavy atom. The van der Waals surface area contributed by atoms with Gasteiger partial charge in [0.1, 0.15) is 5.82 Å². The van der Waals surface area contributed by atoms with Crippen molar-refractivity contribution in [1.29, 1.82) is 0 Å². The third kappa shape index (κ3) is 4.73. The second-order valence-electron chi connectivity index (χ2n) is 12.1. The van der Waals surface area contributed by atoms with E-state index in [-0.39, 0.29) is 42.3 Å². The highest BCUT2D eigenvalue weighted by Crippen LogP contribution is 2.60. The molecule has 10 heteroatoms. The number of rotatable bonds is 5. The zero-order chi connectivity index (χ0) is 27.4. The average molecular weight is 547 g/mol. The maximum absolute atomic E-state index is 14.1. The van der Waals surface area contributed by atoms with Crippen LogP contribution in [0.3, 0.4) is 0 Å². The van der Waals surface area contributed by atoms with E-state index in [9.17, 15) is 14.0 Å². The van der Waals surface area contributed by atoms with E-state index in [0.717, 1.165) is 19.3 Å². The molecule has 1 aromatic rings. The first kappa shape index (κ1) is 26.9. The Morgan fingerprint density at radius 1 is 1.03 bits per heavy atom. The summed E-state index contributed by atoms with van der Waals surface area (Å²) in [5.41, 5.74) is -0.163. The van der Waals surface area contributed by atoms with Crippen molar-refractivity contribution in [3.05, 3.63) is 30.1 Å². The number of fused-ring (bicyclic) bond motifs is 2. The van der Waals surface area contributed by atoms with E-state index in [0.29, 0.717) is 44.2 Å². The molecule has 0 unspecified atom stereocenters. The Bertz CT molecular complexity index is 1100. The van der Waals surface area contributed by atoms with Gasteiger partial charge in [0.15, 0.2) is 11.9 Å². The Labute approximate surface area is 228 Å². The number of hydrogen-bond donors (Lipinski definition) is 0. The molecule has 7 rings (SSSR count). The molecule has 0 N–H and O–H groups in total. The molecule has 6 aliphatic rings. The average Bonchev–Trinajstić information content (AvgIpc) is 3.16. The lowest BCUT2D eigenvalue weighted by atomic mass is 9.58. The van der Waals surface area contributed by atoms with Gasteiger partial charge in [-0.25, -0.2) is 14.2 Å². The smallest absolute Gasteiger partial charge is 0.308 e. The van der Waals surface area contributed by atoms with Crippen molar-refractivity contribution < 1.29 is 38.0 Å². The minimum atomic E-state index is -0.893. The topological polar surface area (TPSA) is 86.8 Å². The normalized spacial score (nSPS) is 39.6. The Balaban J connectivity index is 1.04. The van der Waals surface area contributed by atoms with Gasteiger partial charge in [0.25, 0.3) is 0 Å². The molecule has 1 spiro atoms. The Morgan fingerprint density at radius 3 is 2.56 bits per heavy atom. The minimum absolute atomic E-state index is 0.0305. The molecule has 6 fully saturated rings. The van der Waals surface area contributed by atoms with Crippen molar-refractivity contribution in [2.75, 3.05) is 31.1 Å². The molecule has 39 heavy (non-hydrogen) atoms. The van der Waals surface area contributed by atoms with Crippen LogP contribution >= 0.6 is 0 Å². The molecule has 5 heterocycles. The predicted octanol–water partition coefficient (Wildman–Crippen LogP) is 4.01. The van der Waals surface area contributed by atoms with E-state index < -0.39 is 29.9 Å². The summed E-state index contributed by atoms with van der Waals surface area (Å²) in [5, 5.41) is 0. The van der Waals surface area contributed by atoms with Gasteiger partial charge in [-0.05, 0) is 50.2 Å². The van der Waals surface area contributed by atoms with Gasteiger partial charge in [-0.1, -0.05) is 26.0 Å². The van der Waals surface area contributed by atoms with Crippen LogP contribution in [0.15, 0.2) is 24.3 Å². The highest BCUT2D eigenvalue weighted by atomic mass is 19.1. The summed E-state index contributed by atoms with van der Waals surface area (Å²) in [5.74, 6) is -1.10. The van der Waals surface area contributed by atoms with Crippen LogP contribution < -0.4 is 4.90 Å². The van der Waals surface area contributed by atoms with Gasteiger partial charge >= 0.3 is 5.97 Å². The fourth-order valence-electron chi connectivity index (χ4n) is 7.47. The van der Waals surface area contributed by atoms with Crippen LogP contribution in [0, 0.1) is 29.5 Å². The number of hydrogen-bond acceptors (Lipinski definition) is 8. The van der Waals surface area contributed by atoms with Crippen molar-refractivity contribution in [2.45, 2.75) is 83.3 Å². The van der Waals surface area contributed by atoms with Gasteiger partial charge in [-0.2, -0.15) is 0 Å². The second kappa shape index (κ2) is 10.3. The number of para-hydroxylation sites is 1. The summed E-state index contributed by atoms with van der Waals surface area (Å²) in [7, 11) is 0. The molecule has 8 atom stereocenters. The summed E-state index contributed by atoms with van der Waals surface area (Å²) in [6.07, 6.45) is 2.18. The first-order valence-corrected chi connectivity index (χ1v) is 14.4. The fraction of sp³-hybridized carbons (Fsp3) is 0.724. The molecule has 1 saturated carbocycles. The van der Waals surface area contributed by atoms with Crippen LogP contribution in [-0.2, 0) is 33.6 Å². The zero-order valence-corrected chi connectivity index (χ0v) is 23.0. The number of nitrogens with zero attached hydrogens (tertiary/aromatic N) is 2. The van der Waals surface area contributed by atoms with Crippen molar-refractivity contribution in [1.82, 2.24) is 4.90 Å². The van der Waals surface area contributed by atoms with E-state index in [4.69, 9.17) is 24.0 Å². The molecule has 1 amide bonds. The van der Waals surface area contributed by atoms with Crippen molar-refractivity contribution in [2.24, 2.45) is 23.7 Å². The number of amides is 1. The highest BCUT2D eigenvalue weighted by molar-refractivity contribution is 5.81. The van der Waals surface area contributed by atoms with Crippen molar-refractivity contribution >= 4 is 17.6 Å². The molecular formula is C29H39FN2O7. The van der Waals surface area contributed by atoms with E-state index >= 15 is 0 Å². The largest absolute Gasteiger partial charge is 0.435 e. The molecule has 9 nitrogen and oxygen atoms in total. The van der Waals surface area contributed by atoms with Crippen LogP contribution in [0.5, 0.6) is 0 Å². The lowest BCUT2D eigenvalue weighted by Gasteiger charge is -2.59. The summed E-state index contributed by atoms with van der Waals surface area (Å²) in [6, 6.07) is 6.66. The first-order chi connectivity index (χ1) is 18.7. The predicted molar refractivity (Wildman–Crippen MR) is 137 cm³/mol. The number of esters is 1. The molecule has 5 aliphatic heterocycles. The second-order valence-corrected chi connectivity index (χ2v) is 12.1. The van der Waals surface area contributed by atoms with Gasteiger partial charge in [0.05, 0.1) is 12.1 Å². The van der Waals surface area contributed by atoms with Gasteiger partial charge < -0.3 is 24.0 Å². The van der Waals surface area contributed by atoms with Crippen molar-refractivity contribution in [3.8, 4) is 0 Å². The van der Waals surface area contributed by atoms with Crippen LogP contribution in [-0.4, -0.2) is 66.9 Å². The van der Waals surface area contributed by atoms with Gasteiger partial charge in [-0.3, -0.25) is 9.59 Å². The Hall–Kier alpha value is -2.27. The molecule has 214 valence electrons. The Kier molecular flexibility index (Phi) is 7.10. The zero-order valence-electron chi connectivity index (χ0n) is 23.0. The number of piperazine rings is 1. The maximum atomic E-state index is 14.1. The standard InChI is InChI=1S/C29H39FN2O7/c1-18-8-9-21-19(2)26(36-27-29(21)20(18)12-13-28(3,37-27)38-39-29)35-25(34)11-10-24(33)32-16-14-31(15-17-32)23-7-5-4-6-22(23)30/h4-7,18-21,26-27H,8-17H2,1-3H3/t18-,19-,20-,21+,26-,27-,28-,29-/m1/s1. The van der Waals surface area contributed by atoms with E-state index in [1.807, 2.05) is 18.7 Å². The number of carbonyl (C=O) groups excluding carboxylic acids is 2. The third-order valence-corrected chi connectivity index (χ3v) is 9.71. The maximum Gasteiger partial charge on any atom is 0.308 e. The van der Waals surface area contributed by atoms with Crippen LogP contribution in [0.4, 0.5) is 10.1 Å². The van der Waals surface area contributed by atoms with Crippen LogP contribution in [0.1, 0.15) is 59.3 Å². The van der Waals surface area contributed by atoms with E-state index in [1.54, 1.807) is 23.1 Å². The monoisotopic (exact) mass is 546 g/mol. The van der Waals surface area contributed by atoms with Gasteiger partial charge in [0, 0.05) is 50.9 Å². The van der Waals surface area contributed by atoms with E-state index in [2.05, 4.69) is 6.92 Å². The number of halogens is 1. The lowest BCUT2D eigenvalue weighted by molar-refractivity contribution is -0.576. The molecule has 0 radical (unpaired) electrons. The quantitative estimate of drug-likeness (QED) is 0.405. The number of anilines is 1. The minimum Gasteiger partial charge on any atom is -0.435 e. The van der Waals surface area contributed by atoms with Gasteiger partial charge in [0.2, 0.25) is 18.0 Å². The summed E-state index contributed by atoms with van der Waals surface area (Å²) >= 11 is 0. The van der Waals surface area contributed by atoms with Crippen LogP contribution in [0.2, 0.25) is 0 Å². The lowest BCUT2D eigenvalue weighted by Crippen LogP contribution is -2.70. The number of ether oxygens (including phenoxy) is 3. The van der Waals surface area contributed by atoms with E-state index in [1.165, 1.54) is 6.07 Å². The summed E-state index contributed by atoms with van der Waals surface area (Å²) in [6.45, 7) is 8.19. The molecule has 5 saturated heterocycles. The summed E-state index contributed by atoms with van der Waals surface area (Å²) < 4.78 is 32.6. The number of benzene rings is 1. The number of carbonyl (C=O) groups is 2. The SMILES string of the molecule is C[C@H]1[C@H](OC(=O)CCC(=O)N2CCN(c3ccccc3F)CC2)O[C@@H]2O[C@@]3(C)CC[C@@H]4[C@H](C)CC[C@@H]1[C@@]24OO3. The highest BCUT2D eigenvalue weighted by Gasteiger charge is 2.69. The molecule has 2 bridgehead atoms. The molecule has 1 aliphatic carbocycles. The first-order valence-electron chi connectivity index (χ1n) is 14.4. The van der Waals surface area contributed by atoms with Gasteiger partial charge in [-0.15, -0.1) is 0 Å². The third-order valence-electron chi connectivity index (χ3n) is 9.71.